The van der Waals surface area contributed by atoms with Gasteiger partial charge in [-0.25, -0.2) is 0 Å². The van der Waals surface area contributed by atoms with Gasteiger partial charge in [0.05, 0.1) is 33.5 Å². The molecule has 102 valence electrons. The maximum absolute atomic E-state index is 9.00. The van der Waals surface area contributed by atoms with Crippen LogP contribution in [0.5, 0.6) is 11.5 Å². The molecular formula is C13H21NO4. The van der Waals surface area contributed by atoms with E-state index in [4.69, 9.17) is 19.7 Å². The molecule has 1 aromatic carbocycles. The number of ether oxygens (including phenoxy) is 2. The van der Waals surface area contributed by atoms with Crippen LogP contribution in [0.25, 0.3) is 0 Å². The second-order valence-corrected chi connectivity index (χ2v) is 4.08. The molecule has 5 heteroatoms. The van der Waals surface area contributed by atoms with Gasteiger partial charge in [0.2, 0.25) is 0 Å². The molecule has 0 aliphatic carbocycles. The first kappa shape index (κ1) is 14.8. The number of hydrogen-bond donors (Lipinski definition) is 3. The van der Waals surface area contributed by atoms with Crippen molar-refractivity contribution in [1.82, 2.24) is 5.32 Å². The van der Waals surface area contributed by atoms with Crippen molar-refractivity contribution in [2.24, 2.45) is 0 Å². The third-order valence-corrected chi connectivity index (χ3v) is 2.82. The largest absolute Gasteiger partial charge is 0.496 e. The third kappa shape index (κ3) is 3.60. The van der Waals surface area contributed by atoms with Gasteiger partial charge in [0, 0.05) is 12.1 Å². The van der Waals surface area contributed by atoms with Crippen molar-refractivity contribution in [3.63, 3.8) is 0 Å². The first-order valence-corrected chi connectivity index (χ1v) is 5.82. The van der Waals surface area contributed by atoms with Gasteiger partial charge in [-0.1, -0.05) is 0 Å². The molecule has 3 N–H and O–H groups in total. The number of benzene rings is 1. The van der Waals surface area contributed by atoms with Crippen LogP contribution in [0.3, 0.4) is 0 Å². The first-order valence-electron chi connectivity index (χ1n) is 5.82. The molecule has 5 nitrogen and oxygen atoms in total. The highest BCUT2D eigenvalue weighted by Gasteiger charge is 2.11. The van der Waals surface area contributed by atoms with E-state index in [0.717, 1.165) is 22.6 Å². The average molecular weight is 255 g/mol. The summed E-state index contributed by atoms with van der Waals surface area (Å²) in [7, 11) is 3.23. The Morgan fingerprint density at radius 2 is 1.72 bits per heavy atom. The molecule has 18 heavy (non-hydrogen) atoms. The summed E-state index contributed by atoms with van der Waals surface area (Å²) in [6.45, 7) is 2.22. The van der Waals surface area contributed by atoms with Crippen molar-refractivity contribution in [3.05, 3.63) is 23.3 Å². The lowest BCUT2D eigenvalue weighted by Gasteiger charge is -2.16. The molecule has 0 atom stereocenters. The summed E-state index contributed by atoms with van der Waals surface area (Å²) in [5.41, 5.74) is 1.92. The summed E-state index contributed by atoms with van der Waals surface area (Å²) in [4.78, 5) is 0. The van der Waals surface area contributed by atoms with E-state index in [-0.39, 0.29) is 19.3 Å². The monoisotopic (exact) mass is 255 g/mol. The van der Waals surface area contributed by atoms with E-state index in [1.165, 1.54) is 0 Å². The minimum absolute atomic E-state index is 0.109. The molecule has 0 spiro atoms. The third-order valence-electron chi connectivity index (χ3n) is 2.82. The summed E-state index contributed by atoms with van der Waals surface area (Å²) >= 11 is 0. The minimum atomic E-state index is -0.331. The zero-order valence-electron chi connectivity index (χ0n) is 11.1. The van der Waals surface area contributed by atoms with Crippen molar-refractivity contribution in [3.8, 4) is 11.5 Å². The van der Waals surface area contributed by atoms with Crippen LogP contribution in [0.2, 0.25) is 0 Å². The Kier molecular flexibility index (Phi) is 5.91. The van der Waals surface area contributed by atoms with Crippen LogP contribution in [0.15, 0.2) is 12.1 Å². The van der Waals surface area contributed by atoms with E-state index in [1.54, 1.807) is 14.2 Å². The average Bonchev–Trinajstić information content (AvgIpc) is 2.40. The Labute approximate surface area is 107 Å². The van der Waals surface area contributed by atoms with E-state index in [9.17, 15) is 0 Å². The lowest BCUT2D eigenvalue weighted by atomic mass is 10.1. The number of aryl methyl sites for hydroxylation is 1. The first-order chi connectivity index (χ1) is 8.65. The van der Waals surface area contributed by atoms with Crippen LogP contribution in [-0.4, -0.2) is 43.7 Å². The molecule has 0 radical (unpaired) electrons. The van der Waals surface area contributed by atoms with Crippen molar-refractivity contribution in [2.75, 3.05) is 27.4 Å². The molecule has 0 unspecified atom stereocenters. The van der Waals surface area contributed by atoms with Gasteiger partial charge in [0.1, 0.15) is 11.5 Å². The van der Waals surface area contributed by atoms with E-state index in [0.29, 0.717) is 6.54 Å². The standard InChI is InChI=1S/C13H21NO4/c1-9-4-13(18-3)10(5-12(9)17-2)6-14-11(7-15)8-16/h4-5,11,14-16H,6-8H2,1-3H3. The van der Waals surface area contributed by atoms with E-state index in [1.807, 2.05) is 19.1 Å². The van der Waals surface area contributed by atoms with E-state index >= 15 is 0 Å². The smallest absolute Gasteiger partial charge is 0.123 e. The normalized spacial score (nSPS) is 10.8. The second-order valence-electron chi connectivity index (χ2n) is 4.08. The molecule has 0 aromatic heterocycles. The summed E-state index contributed by atoms with van der Waals surface area (Å²) in [6, 6.07) is 3.47. The van der Waals surface area contributed by atoms with Crippen molar-refractivity contribution < 1.29 is 19.7 Å². The molecule has 0 aliphatic heterocycles. The van der Waals surface area contributed by atoms with Crippen molar-refractivity contribution in [2.45, 2.75) is 19.5 Å². The fourth-order valence-corrected chi connectivity index (χ4v) is 1.69. The SMILES string of the molecule is COc1cc(CNC(CO)CO)c(OC)cc1C. The predicted octanol–water partition coefficient (Wildman–Crippen LogP) is 0.455. The molecule has 1 aromatic rings. The van der Waals surface area contributed by atoms with Crippen LogP contribution in [-0.2, 0) is 6.54 Å². The number of hydrogen-bond acceptors (Lipinski definition) is 5. The van der Waals surface area contributed by atoms with E-state index < -0.39 is 0 Å². The molecule has 0 saturated carbocycles. The van der Waals surface area contributed by atoms with Crippen LogP contribution < -0.4 is 14.8 Å². The van der Waals surface area contributed by atoms with Gasteiger partial charge in [0.15, 0.2) is 0 Å². The van der Waals surface area contributed by atoms with Crippen LogP contribution in [0.4, 0.5) is 0 Å². The summed E-state index contributed by atoms with van der Waals surface area (Å²) < 4.78 is 10.6. The highest BCUT2D eigenvalue weighted by atomic mass is 16.5. The van der Waals surface area contributed by atoms with Gasteiger partial charge in [-0.2, -0.15) is 0 Å². The number of aliphatic hydroxyl groups excluding tert-OH is 2. The zero-order chi connectivity index (χ0) is 13.5. The fourth-order valence-electron chi connectivity index (χ4n) is 1.69. The molecule has 0 amide bonds. The Hall–Kier alpha value is -1.30. The summed E-state index contributed by atoms with van der Waals surface area (Å²) in [5, 5.41) is 21.0. The van der Waals surface area contributed by atoms with Crippen molar-refractivity contribution >= 4 is 0 Å². The lowest BCUT2D eigenvalue weighted by Crippen LogP contribution is -2.35. The maximum atomic E-state index is 9.00. The number of aliphatic hydroxyl groups is 2. The van der Waals surface area contributed by atoms with Gasteiger partial charge in [-0.15, -0.1) is 0 Å². The molecule has 0 saturated heterocycles. The van der Waals surface area contributed by atoms with Gasteiger partial charge >= 0.3 is 0 Å². The predicted molar refractivity (Wildman–Crippen MR) is 69.1 cm³/mol. The highest BCUT2D eigenvalue weighted by molar-refractivity contribution is 5.45. The van der Waals surface area contributed by atoms with E-state index in [2.05, 4.69) is 5.32 Å². The van der Waals surface area contributed by atoms with Crippen LogP contribution in [0, 0.1) is 6.92 Å². The topological polar surface area (TPSA) is 71.0 Å². The second kappa shape index (κ2) is 7.20. The quantitative estimate of drug-likeness (QED) is 0.660. The lowest BCUT2D eigenvalue weighted by molar-refractivity contribution is 0.170. The number of nitrogens with one attached hydrogen (secondary N) is 1. The zero-order valence-corrected chi connectivity index (χ0v) is 11.1. The molecule has 0 fully saturated rings. The molecule has 0 aliphatic rings. The van der Waals surface area contributed by atoms with Crippen LogP contribution in [0.1, 0.15) is 11.1 Å². The molecular weight excluding hydrogens is 234 g/mol. The van der Waals surface area contributed by atoms with Crippen molar-refractivity contribution in [1.29, 1.82) is 0 Å². The van der Waals surface area contributed by atoms with Gasteiger partial charge in [-0.3, -0.25) is 0 Å². The number of rotatable bonds is 7. The van der Waals surface area contributed by atoms with Gasteiger partial charge in [0.25, 0.3) is 0 Å². The molecule has 0 bridgehead atoms. The summed E-state index contributed by atoms with van der Waals surface area (Å²) in [6.07, 6.45) is 0. The Morgan fingerprint density at radius 3 is 2.22 bits per heavy atom. The van der Waals surface area contributed by atoms with Gasteiger partial charge in [-0.05, 0) is 24.6 Å². The number of methoxy groups -OCH3 is 2. The Balaban J connectivity index is 2.85. The summed E-state index contributed by atoms with van der Waals surface area (Å²) in [5.74, 6) is 1.55. The minimum Gasteiger partial charge on any atom is -0.496 e. The fraction of sp³-hybridized carbons (Fsp3) is 0.538. The molecule has 0 heterocycles. The Morgan fingerprint density at radius 1 is 1.11 bits per heavy atom. The highest BCUT2D eigenvalue weighted by Crippen LogP contribution is 2.28. The van der Waals surface area contributed by atoms with Crippen LogP contribution >= 0.6 is 0 Å². The maximum Gasteiger partial charge on any atom is 0.123 e. The Bertz CT molecular complexity index is 377. The van der Waals surface area contributed by atoms with Gasteiger partial charge < -0.3 is 25.0 Å². The molecule has 1 rings (SSSR count).